The monoisotopic (exact) mass is 271 g/mol. The Morgan fingerprint density at radius 2 is 1.32 bits per heavy atom. The van der Waals surface area contributed by atoms with Gasteiger partial charge in [0.2, 0.25) is 0 Å². The van der Waals surface area contributed by atoms with Gasteiger partial charge in [-0.05, 0) is 20.0 Å². The van der Waals surface area contributed by atoms with Gasteiger partial charge in [0.25, 0.3) is 0 Å². The van der Waals surface area contributed by atoms with Crippen molar-refractivity contribution < 1.29 is 9.90 Å². The van der Waals surface area contributed by atoms with Gasteiger partial charge in [-0.25, -0.2) is 0 Å². The topological polar surface area (TPSA) is 40.5 Å². The van der Waals surface area contributed by atoms with Crippen molar-refractivity contribution >= 4 is 5.97 Å². The molecule has 114 valence electrons. The molecular formula is C16H33NO2. The summed E-state index contributed by atoms with van der Waals surface area (Å²) in [5.74, 6) is -0.699. The zero-order chi connectivity index (χ0) is 14.3. The third-order valence-corrected chi connectivity index (χ3v) is 3.60. The first-order valence-electron chi connectivity index (χ1n) is 8.07. The summed E-state index contributed by atoms with van der Waals surface area (Å²) in [4.78, 5) is 12.5. The highest BCUT2D eigenvalue weighted by Gasteiger charge is 2.01. The highest BCUT2D eigenvalue weighted by molar-refractivity contribution is 5.66. The van der Waals surface area contributed by atoms with E-state index in [1.807, 2.05) is 7.05 Å². The predicted molar refractivity (Wildman–Crippen MR) is 81.6 cm³/mol. The first kappa shape index (κ1) is 18.4. The second kappa shape index (κ2) is 13.9. The molecular weight excluding hydrogens is 238 g/mol. The molecule has 0 bridgehead atoms. The maximum absolute atomic E-state index is 10.4. The van der Waals surface area contributed by atoms with Crippen LogP contribution in [0.2, 0.25) is 0 Å². The summed E-state index contributed by atoms with van der Waals surface area (Å²) in [6, 6.07) is 0. The lowest BCUT2D eigenvalue weighted by atomic mass is 10.1. The summed E-state index contributed by atoms with van der Waals surface area (Å²) in [6.45, 7) is 3.96. The molecule has 3 nitrogen and oxygen atoms in total. The lowest BCUT2D eigenvalue weighted by Crippen LogP contribution is -2.22. The summed E-state index contributed by atoms with van der Waals surface area (Å²) in [5, 5.41) is 8.58. The minimum atomic E-state index is -0.699. The molecule has 0 radical (unpaired) electrons. The number of aliphatic carboxylic acids is 1. The van der Waals surface area contributed by atoms with Crippen molar-refractivity contribution in [2.45, 2.75) is 77.6 Å². The van der Waals surface area contributed by atoms with Crippen LogP contribution in [0.15, 0.2) is 0 Å². The minimum absolute atomic E-state index is 0.258. The van der Waals surface area contributed by atoms with Crippen LogP contribution in [0, 0.1) is 0 Å². The summed E-state index contributed by atoms with van der Waals surface area (Å²) < 4.78 is 0. The molecule has 1 N–H and O–H groups in total. The molecule has 0 heterocycles. The summed E-state index contributed by atoms with van der Waals surface area (Å²) in [6.07, 6.45) is 13.8. The van der Waals surface area contributed by atoms with Gasteiger partial charge in [0, 0.05) is 6.54 Å². The van der Waals surface area contributed by atoms with Gasteiger partial charge in [-0.15, -0.1) is 0 Å². The van der Waals surface area contributed by atoms with E-state index in [2.05, 4.69) is 11.8 Å². The molecule has 0 rings (SSSR count). The lowest BCUT2D eigenvalue weighted by Gasteiger charge is -2.14. The molecule has 0 unspecified atom stereocenters. The van der Waals surface area contributed by atoms with E-state index >= 15 is 0 Å². The fourth-order valence-electron chi connectivity index (χ4n) is 2.27. The quantitative estimate of drug-likeness (QED) is 0.478. The Morgan fingerprint density at radius 3 is 1.79 bits per heavy atom. The van der Waals surface area contributed by atoms with Gasteiger partial charge < -0.3 is 10.0 Å². The van der Waals surface area contributed by atoms with Crippen molar-refractivity contribution in [2.75, 3.05) is 20.1 Å². The first-order chi connectivity index (χ1) is 9.16. The molecule has 0 saturated heterocycles. The van der Waals surface area contributed by atoms with Crippen LogP contribution < -0.4 is 0 Å². The molecule has 0 aliphatic rings. The Morgan fingerprint density at radius 1 is 0.842 bits per heavy atom. The number of rotatable bonds is 14. The average molecular weight is 271 g/mol. The average Bonchev–Trinajstić information content (AvgIpc) is 2.38. The molecule has 0 saturated carbocycles. The fourth-order valence-corrected chi connectivity index (χ4v) is 2.27. The van der Waals surface area contributed by atoms with Crippen LogP contribution in [0.5, 0.6) is 0 Å². The molecule has 0 aromatic rings. The Kier molecular flexibility index (Phi) is 13.4. The maximum atomic E-state index is 10.4. The van der Waals surface area contributed by atoms with Crippen molar-refractivity contribution in [3.05, 3.63) is 0 Å². The second-order valence-corrected chi connectivity index (χ2v) is 5.63. The third kappa shape index (κ3) is 15.4. The minimum Gasteiger partial charge on any atom is -0.481 e. The van der Waals surface area contributed by atoms with Gasteiger partial charge in [-0.1, -0.05) is 64.7 Å². The van der Waals surface area contributed by atoms with Gasteiger partial charge >= 0.3 is 5.97 Å². The zero-order valence-corrected chi connectivity index (χ0v) is 13.0. The molecule has 3 heteroatoms. The van der Waals surface area contributed by atoms with Crippen LogP contribution in [0.4, 0.5) is 0 Å². The van der Waals surface area contributed by atoms with Crippen LogP contribution >= 0.6 is 0 Å². The number of carboxylic acid groups (broad SMARTS) is 1. The van der Waals surface area contributed by atoms with E-state index in [1.165, 1.54) is 64.2 Å². The molecule has 0 aliphatic heterocycles. The number of unbranched alkanes of at least 4 members (excludes halogenated alkanes) is 9. The van der Waals surface area contributed by atoms with E-state index in [1.54, 1.807) is 0 Å². The number of hydrogen-bond acceptors (Lipinski definition) is 2. The van der Waals surface area contributed by atoms with Crippen molar-refractivity contribution in [2.24, 2.45) is 0 Å². The lowest BCUT2D eigenvalue weighted by molar-refractivity contribution is -0.137. The molecule has 0 aromatic carbocycles. The van der Waals surface area contributed by atoms with Gasteiger partial charge in [-0.2, -0.15) is 0 Å². The first-order valence-corrected chi connectivity index (χ1v) is 8.07. The van der Waals surface area contributed by atoms with E-state index < -0.39 is 5.97 Å². The van der Waals surface area contributed by atoms with Crippen molar-refractivity contribution in [3.8, 4) is 0 Å². The van der Waals surface area contributed by atoms with Gasteiger partial charge in [-0.3, -0.25) is 4.79 Å². The predicted octanol–water partition coefficient (Wildman–Crippen LogP) is 4.31. The van der Waals surface area contributed by atoms with Gasteiger partial charge in [0.05, 0.1) is 6.42 Å². The molecule has 0 aromatic heterocycles. The van der Waals surface area contributed by atoms with Gasteiger partial charge in [0.15, 0.2) is 0 Å². The smallest absolute Gasteiger partial charge is 0.304 e. The molecule has 19 heavy (non-hydrogen) atoms. The highest BCUT2D eigenvalue weighted by atomic mass is 16.4. The number of carboxylic acids is 1. The van der Waals surface area contributed by atoms with E-state index in [4.69, 9.17) is 5.11 Å². The van der Waals surface area contributed by atoms with E-state index in [0.717, 1.165) is 6.54 Å². The third-order valence-electron chi connectivity index (χ3n) is 3.60. The molecule has 0 aliphatic carbocycles. The summed E-state index contributed by atoms with van der Waals surface area (Å²) in [5.41, 5.74) is 0. The zero-order valence-electron chi connectivity index (χ0n) is 13.0. The van der Waals surface area contributed by atoms with Crippen LogP contribution in [0.1, 0.15) is 77.6 Å². The second-order valence-electron chi connectivity index (χ2n) is 5.63. The highest BCUT2D eigenvalue weighted by Crippen LogP contribution is 2.10. The number of hydrogen-bond donors (Lipinski definition) is 1. The number of carbonyl (C=O) groups is 1. The fraction of sp³-hybridized carbons (Fsp3) is 0.938. The Hall–Kier alpha value is -0.570. The van der Waals surface area contributed by atoms with Crippen LogP contribution in [-0.4, -0.2) is 36.1 Å². The summed E-state index contributed by atoms with van der Waals surface area (Å²) >= 11 is 0. The normalized spacial score (nSPS) is 11.1. The summed E-state index contributed by atoms with van der Waals surface area (Å²) in [7, 11) is 2.01. The van der Waals surface area contributed by atoms with Crippen LogP contribution in [0.25, 0.3) is 0 Å². The standard InChI is InChI=1S/C16H33NO2/c1-3-4-5-6-7-8-9-10-11-12-14-17(2)15-13-16(18)19/h3-15H2,1-2H3,(H,18,19). The Balaban J connectivity index is 3.11. The Bertz CT molecular complexity index is 207. The van der Waals surface area contributed by atoms with Gasteiger partial charge in [0.1, 0.15) is 0 Å². The van der Waals surface area contributed by atoms with Crippen molar-refractivity contribution in [3.63, 3.8) is 0 Å². The maximum Gasteiger partial charge on any atom is 0.304 e. The molecule has 0 spiro atoms. The molecule has 0 atom stereocenters. The van der Waals surface area contributed by atoms with E-state index in [-0.39, 0.29) is 6.42 Å². The molecule has 0 amide bonds. The van der Waals surface area contributed by atoms with Crippen LogP contribution in [-0.2, 0) is 4.79 Å². The molecule has 0 fully saturated rings. The van der Waals surface area contributed by atoms with Crippen LogP contribution in [0.3, 0.4) is 0 Å². The number of nitrogens with zero attached hydrogens (tertiary/aromatic N) is 1. The largest absolute Gasteiger partial charge is 0.481 e. The van der Waals surface area contributed by atoms with E-state index in [0.29, 0.717) is 6.54 Å². The van der Waals surface area contributed by atoms with Crippen molar-refractivity contribution in [1.82, 2.24) is 4.90 Å². The SMILES string of the molecule is CCCCCCCCCCCCN(C)CCC(=O)O. The Labute approximate surface area is 119 Å². The van der Waals surface area contributed by atoms with Crippen molar-refractivity contribution in [1.29, 1.82) is 0 Å². The van der Waals surface area contributed by atoms with E-state index in [9.17, 15) is 4.79 Å².